The number of hydrogen-bond donors (Lipinski definition) is 1. The molecule has 0 radical (unpaired) electrons. The average molecular weight is 194 g/mol. The van der Waals surface area contributed by atoms with Crippen LogP contribution in [0.25, 0.3) is 0 Å². The molecule has 3 aliphatic rings. The van der Waals surface area contributed by atoms with Crippen molar-refractivity contribution in [3.05, 3.63) is 0 Å². The summed E-state index contributed by atoms with van der Waals surface area (Å²) < 4.78 is 0. The molecule has 0 aromatic carbocycles. The van der Waals surface area contributed by atoms with Gasteiger partial charge in [-0.2, -0.15) is 0 Å². The van der Waals surface area contributed by atoms with Gasteiger partial charge in [-0.25, -0.2) is 0 Å². The van der Waals surface area contributed by atoms with Crippen LogP contribution in [0.2, 0.25) is 0 Å². The molecular weight excluding hydrogens is 172 g/mol. The molecule has 80 valence electrons. The van der Waals surface area contributed by atoms with Crippen molar-refractivity contribution in [1.29, 1.82) is 0 Å². The first-order chi connectivity index (χ1) is 6.93. The monoisotopic (exact) mass is 194 g/mol. The zero-order chi connectivity index (χ0) is 9.38. The van der Waals surface area contributed by atoms with Gasteiger partial charge in [0.25, 0.3) is 0 Å². The molecular formula is C12H22N2. The number of rotatable bonds is 1. The van der Waals surface area contributed by atoms with E-state index in [4.69, 9.17) is 0 Å². The predicted molar refractivity (Wildman–Crippen MR) is 58.3 cm³/mol. The van der Waals surface area contributed by atoms with Crippen molar-refractivity contribution < 1.29 is 0 Å². The second-order valence-electron chi connectivity index (χ2n) is 5.42. The van der Waals surface area contributed by atoms with Crippen molar-refractivity contribution in [3.8, 4) is 0 Å². The van der Waals surface area contributed by atoms with Gasteiger partial charge in [0.2, 0.25) is 0 Å². The van der Waals surface area contributed by atoms with Crippen LogP contribution < -0.4 is 5.32 Å². The van der Waals surface area contributed by atoms with Crippen LogP contribution in [0.15, 0.2) is 0 Å². The minimum absolute atomic E-state index is 0.953. The lowest BCUT2D eigenvalue weighted by Crippen LogP contribution is -2.36. The molecule has 2 atom stereocenters. The lowest BCUT2D eigenvalue weighted by atomic mass is 9.94. The van der Waals surface area contributed by atoms with Gasteiger partial charge in [0, 0.05) is 19.1 Å². The summed E-state index contributed by atoms with van der Waals surface area (Å²) in [6, 6.07) is 0.953. The van der Waals surface area contributed by atoms with Crippen LogP contribution in [0, 0.1) is 11.8 Å². The molecule has 1 saturated carbocycles. The summed E-state index contributed by atoms with van der Waals surface area (Å²) in [6.45, 7) is 5.35. The molecule has 0 aromatic heterocycles. The Balaban J connectivity index is 1.59. The van der Waals surface area contributed by atoms with Crippen LogP contribution in [0.3, 0.4) is 0 Å². The molecule has 3 fully saturated rings. The number of nitrogens with zero attached hydrogens (tertiary/aromatic N) is 1. The first-order valence-electron chi connectivity index (χ1n) is 6.38. The fourth-order valence-electron chi connectivity index (χ4n) is 3.64. The van der Waals surface area contributed by atoms with Crippen LogP contribution in [-0.2, 0) is 0 Å². The Morgan fingerprint density at radius 2 is 1.50 bits per heavy atom. The van der Waals surface area contributed by atoms with Gasteiger partial charge in [-0.1, -0.05) is 19.3 Å². The Morgan fingerprint density at radius 1 is 0.857 bits per heavy atom. The summed E-state index contributed by atoms with van der Waals surface area (Å²) in [7, 11) is 0. The summed E-state index contributed by atoms with van der Waals surface area (Å²) in [5.41, 5.74) is 0. The van der Waals surface area contributed by atoms with Crippen molar-refractivity contribution in [2.75, 3.05) is 26.2 Å². The van der Waals surface area contributed by atoms with Gasteiger partial charge in [-0.3, -0.25) is 4.90 Å². The lowest BCUT2D eigenvalue weighted by Gasteiger charge is -2.31. The number of likely N-dealkylation sites (tertiary alicyclic amines) is 1. The summed E-state index contributed by atoms with van der Waals surface area (Å²) in [4.78, 5) is 2.80. The molecule has 0 bridgehead atoms. The molecule has 2 aliphatic heterocycles. The van der Waals surface area contributed by atoms with Crippen LogP contribution in [0.4, 0.5) is 0 Å². The molecule has 0 spiro atoms. The maximum Gasteiger partial charge on any atom is 0.00955 e. The van der Waals surface area contributed by atoms with Crippen LogP contribution in [-0.4, -0.2) is 37.1 Å². The molecule has 0 aromatic rings. The molecule has 1 N–H and O–H groups in total. The van der Waals surface area contributed by atoms with E-state index in [0.717, 1.165) is 17.9 Å². The van der Waals surface area contributed by atoms with Crippen LogP contribution in [0.1, 0.15) is 32.1 Å². The SMILES string of the molecule is C1CCC(N2C[C@H]3CNC[C@@H]3C2)CC1. The highest BCUT2D eigenvalue weighted by Gasteiger charge is 2.38. The van der Waals surface area contributed by atoms with Crippen molar-refractivity contribution >= 4 is 0 Å². The molecule has 3 rings (SSSR count). The quantitative estimate of drug-likeness (QED) is 0.680. The van der Waals surface area contributed by atoms with E-state index in [1.807, 2.05) is 0 Å². The largest absolute Gasteiger partial charge is 0.316 e. The molecule has 14 heavy (non-hydrogen) atoms. The van der Waals surface area contributed by atoms with Gasteiger partial charge in [-0.15, -0.1) is 0 Å². The number of fused-ring (bicyclic) bond motifs is 1. The van der Waals surface area contributed by atoms with E-state index in [-0.39, 0.29) is 0 Å². The third-order valence-electron chi connectivity index (χ3n) is 4.51. The van der Waals surface area contributed by atoms with E-state index in [2.05, 4.69) is 10.2 Å². The molecule has 0 amide bonds. The Kier molecular flexibility index (Phi) is 2.50. The summed E-state index contributed by atoms with van der Waals surface area (Å²) in [5, 5.41) is 3.52. The first kappa shape index (κ1) is 9.17. The fourth-order valence-corrected chi connectivity index (χ4v) is 3.64. The zero-order valence-electron chi connectivity index (χ0n) is 9.04. The Labute approximate surface area is 87.0 Å². The summed E-state index contributed by atoms with van der Waals surface area (Å²) in [6.07, 6.45) is 7.40. The number of hydrogen-bond acceptors (Lipinski definition) is 2. The van der Waals surface area contributed by atoms with E-state index in [0.29, 0.717) is 0 Å². The van der Waals surface area contributed by atoms with Crippen molar-refractivity contribution in [2.24, 2.45) is 11.8 Å². The minimum atomic E-state index is 0.953. The van der Waals surface area contributed by atoms with E-state index < -0.39 is 0 Å². The highest BCUT2D eigenvalue weighted by molar-refractivity contribution is 4.93. The maximum absolute atomic E-state index is 3.52. The van der Waals surface area contributed by atoms with Crippen molar-refractivity contribution in [1.82, 2.24) is 10.2 Å². The molecule has 2 nitrogen and oxygen atoms in total. The Morgan fingerprint density at radius 3 is 2.14 bits per heavy atom. The van der Waals surface area contributed by atoms with Gasteiger partial charge in [-0.05, 0) is 37.8 Å². The normalized spacial score (nSPS) is 40.3. The van der Waals surface area contributed by atoms with Gasteiger partial charge < -0.3 is 5.32 Å². The van der Waals surface area contributed by atoms with Crippen molar-refractivity contribution in [2.45, 2.75) is 38.1 Å². The molecule has 2 saturated heterocycles. The third-order valence-corrected chi connectivity index (χ3v) is 4.51. The Bertz CT molecular complexity index is 186. The highest BCUT2D eigenvalue weighted by atomic mass is 15.2. The minimum Gasteiger partial charge on any atom is -0.316 e. The van der Waals surface area contributed by atoms with E-state index in [9.17, 15) is 0 Å². The van der Waals surface area contributed by atoms with Gasteiger partial charge in [0.15, 0.2) is 0 Å². The van der Waals surface area contributed by atoms with Gasteiger partial charge in [0.1, 0.15) is 0 Å². The van der Waals surface area contributed by atoms with Crippen LogP contribution in [0.5, 0.6) is 0 Å². The number of nitrogens with one attached hydrogen (secondary N) is 1. The summed E-state index contributed by atoms with van der Waals surface area (Å²) >= 11 is 0. The lowest BCUT2D eigenvalue weighted by molar-refractivity contribution is 0.179. The van der Waals surface area contributed by atoms with Gasteiger partial charge >= 0.3 is 0 Å². The highest BCUT2D eigenvalue weighted by Crippen LogP contribution is 2.32. The van der Waals surface area contributed by atoms with Crippen molar-refractivity contribution in [3.63, 3.8) is 0 Å². The molecule has 0 unspecified atom stereocenters. The third kappa shape index (κ3) is 1.59. The van der Waals surface area contributed by atoms with Crippen LogP contribution >= 0.6 is 0 Å². The Hall–Kier alpha value is -0.0800. The summed E-state index contributed by atoms with van der Waals surface area (Å²) in [5.74, 6) is 1.97. The van der Waals surface area contributed by atoms with E-state index in [1.165, 1.54) is 58.3 Å². The first-order valence-corrected chi connectivity index (χ1v) is 6.38. The average Bonchev–Trinajstić information content (AvgIpc) is 2.78. The maximum atomic E-state index is 3.52. The zero-order valence-corrected chi connectivity index (χ0v) is 9.04. The predicted octanol–water partition coefficient (Wildman–Crippen LogP) is 1.47. The smallest absolute Gasteiger partial charge is 0.00955 e. The molecule has 1 aliphatic carbocycles. The molecule has 2 heteroatoms. The van der Waals surface area contributed by atoms with E-state index in [1.54, 1.807) is 0 Å². The van der Waals surface area contributed by atoms with E-state index >= 15 is 0 Å². The van der Waals surface area contributed by atoms with Gasteiger partial charge in [0.05, 0.1) is 0 Å². The molecule has 2 heterocycles. The topological polar surface area (TPSA) is 15.3 Å². The second-order valence-corrected chi connectivity index (χ2v) is 5.42. The standard InChI is InChI=1S/C12H22N2/c1-2-4-12(5-3-1)14-8-10-6-13-7-11(10)9-14/h10-13H,1-9H2/t10-,11-/m1/s1. The second kappa shape index (κ2) is 3.82. The fraction of sp³-hybridized carbons (Fsp3) is 1.00.